The molecule has 2 aliphatic rings. The third-order valence-corrected chi connectivity index (χ3v) is 6.96. The van der Waals surface area contributed by atoms with Crippen LogP contribution in [-0.2, 0) is 9.59 Å². The number of aromatic nitrogens is 1. The summed E-state index contributed by atoms with van der Waals surface area (Å²) in [6.45, 7) is 5.28. The molecule has 2 unspecified atom stereocenters. The van der Waals surface area contributed by atoms with Crippen molar-refractivity contribution in [3.8, 4) is 0 Å². The summed E-state index contributed by atoms with van der Waals surface area (Å²) in [4.78, 5) is 48.2. The molecule has 218 valence electrons. The molecule has 2 atom stereocenters. The molecule has 0 aliphatic carbocycles. The Morgan fingerprint density at radius 1 is 1.32 bits per heavy atom. The molecule has 0 aromatic carbocycles. The number of hydrogen-bond donors (Lipinski definition) is 4. The van der Waals surface area contributed by atoms with Crippen molar-refractivity contribution in [3.63, 3.8) is 0 Å². The van der Waals surface area contributed by atoms with Crippen molar-refractivity contribution < 1.29 is 32.0 Å². The van der Waals surface area contributed by atoms with Gasteiger partial charge in [-0.1, -0.05) is 19.9 Å². The number of carbonyl (C=O) groups excluding carboxylic acids is 3. The number of nitrogens with zero attached hydrogens (tertiary/aromatic N) is 3. The van der Waals surface area contributed by atoms with Gasteiger partial charge in [0.2, 0.25) is 17.7 Å². The van der Waals surface area contributed by atoms with Crippen LogP contribution >= 0.6 is 0 Å². The number of amides is 3. The van der Waals surface area contributed by atoms with E-state index in [-0.39, 0.29) is 36.4 Å². The van der Waals surface area contributed by atoms with Gasteiger partial charge in [0.1, 0.15) is 12.1 Å². The van der Waals surface area contributed by atoms with Crippen LogP contribution in [0.15, 0.2) is 33.4 Å². The predicted molar refractivity (Wildman–Crippen MR) is 142 cm³/mol. The largest absolute Gasteiger partial charge is 0.444 e. The van der Waals surface area contributed by atoms with Crippen molar-refractivity contribution in [1.29, 1.82) is 5.41 Å². The molecule has 0 radical (unpaired) electrons. The predicted octanol–water partition coefficient (Wildman–Crippen LogP) is 2.33. The maximum atomic E-state index is 13.1. The van der Waals surface area contributed by atoms with Crippen molar-refractivity contribution in [1.82, 2.24) is 25.8 Å². The Labute approximate surface area is 229 Å². The third-order valence-electron chi connectivity index (χ3n) is 6.96. The fraction of sp³-hybridized carbons (Fsp3) is 0.538. The number of likely N-dealkylation sites (tertiary alicyclic amines) is 1. The monoisotopic (exact) mass is 565 g/mol. The molecule has 1 saturated heterocycles. The highest BCUT2D eigenvalue weighted by molar-refractivity contribution is 6.12. The van der Waals surface area contributed by atoms with Crippen LogP contribution in [0.3, 0.4) is 0 Å². The lowest BCUT2D eigenvalue weighted by molar-refractivity contribution is -0.136. The fourth-order valence-electron chi connectivity index (χ4n) is 4.51. The average Bonchev–Trinajstić information content (AvgIpc) is 3.49. The fourth-order valence-corrected chi connectivity index (χ4v) is 4.51. The van der Waals surface area contributed by atoms with Gasteiger partial charge in [-0.25, -0.2) is 4.98 Å². The molecule has 3 rings (SSSR count). The quantitative estimate of drug-likeness (QED) is 0.266. The number of dihydropyridines is 1. The Bertz CT molecular complexity index is 1260. The van der Waals surface area contributed by atoms with E-state index in [1.54, 1.807) is 33.9 Å². The lowest BCUT2D eigenvalue weighted by Crippen LogP contribution is -2.53. The number of halogens is 3. The standard InChI is InChI=1S/C26H34F3N7O4/c1-14(6-8-26(27,28)29)17-10-15(7-9-33-17)23-35-19(13-40-23)22(38)34-18(11-31-4)20(30)36-12-16(21(37)32-5)25(2,3)24(36)39/h6,10,13,16,18,30-31H,7-9,11-12H2,1-5H3,(H,32,37)(H,34,38)/b14-6-,30-20?. The molecule has 1 aromatic rings. The number of carbonyl (C=O) groups is 3. The first-order chi connectivity index (χ1) is 18.7. The van der Waals surface area contributed by atoms with Gasteiger partial charge in [-0.05, 0) is 32.0 Å². The van der Waals surface area contributed by atoms with E-state index in [9.17, 15) is 27.6 Å². The van der Waals surface area contributed by atoms with Gasteiger partial charge >= 0.3 is 6.18 Å². The van der Waals surface area contributed by atoms with Crippen LogP contribution in [0, 0.1) is 16.7 Å². The number of rotatable bonds is 9. The van der Waals surface area contributed by atoms with E-state index in [4.69, 9.17) is 9.83 Å². The lowest BCUT2D eigenvalue weighted by Gasteiger charge is -2.26. The van der Waals surface area contributed by atoms with Crippen LogP contribution in [0.1, 0.15) is 50.0 Å². The first-order valence-corrected chi connectivity index (χ1v) is 12.7. The van der Waals surface area contributed by atoms with Crippen LogP contribution in [0.4, 0.5) is 13.2 Å². The second-order valence-corrected chi connectivity index (χ2v) is 10.2. The molecule has 2 aliphatic heterocycles. The average molecular weight is 566 g/mol. The van der Waals surface area contributed by atoms with Crippen molar-refractivity contribution in [3.05, 3.63) is 35.6 Å². The summed E-state index contributed by atoms with van der Waals surface area (Å²) in [5.74, 6) is -2.07. The van der Waals surface area contributed by atoms with Crippen LogP contribution < -0.4 is 16.0 Å². The number of amidine groups is 1. The first-order valence-electron chi connectivity index (χ1n) is 12.7. The molecule has 1 fully saturated rings. The van der Waals surface area contributed by atoms with Gasteiger partial charge in [0.15, 0.2) is 5.69 Å². The van der Waals surface area contributed by atoms with E-state index in [1.807, 2.05) is 0 Å². The van der Waals surface area contributed by atoms with Crippen molar-refractivity contribution in [2.75, 3.05) is 33.7 Å². The molecule has 3 amide bonds. The summed E-state index contributed by atoms with van der Waals surface area (Å²) in [6.07, 6.45) is -1.17. The third kappa shape index (κ3) is 6.84. The number of oxazole rings is 1. The second-order valence-electron chi connectivity index (χ2n) is 10.2. The number of hydrogen-bond acceptors (Lipinski definition) is 8. The van der Waals surface area contributed by atoms with E-state index in [1.165, 1.54) is 11.9 Å². The van der Waals surface area contributed by atoms with Gasteiger partial charge in [0.05, 0.1) is 29.5 Å². The maximum Gasteiger partial charge on any atom is 0.392 e. The molecule has 11 nitrogen and oxygen atoms in total. The molecule has 1 aromatic heterocycles. The van der Waals surface area contributed by atoms with Gasteiger partial charge in [-0.3, -0.25) is 29.7 Å². The summed E-state index contributed by atoms with van der Waals surface area (Å²) in [7, 11) is 3.11. The number of alkyl halides is 3. The number of allylic oxidation sites excluding steroid dienone is 3. The minimum absolute atomic E-state index is 0.00338. The second kappa shape index (κ2) is 12.1. The summed E-state index contributed by atoms with van der Waals surface area (Å²) < 4.78 is 43.2. The van der Waals surface area contributed by atoms with Crippen LogP contribution in [-0.4, -0.2) is 85.1 Å². The molecule has 0 bridgehead atoms. The van der Waals surface area contributed by atoms with Gasteiger partial charge < -0.3 is 20.4 Å². The van der Waals surface area contributed by atoms with Gasteiger partial charge in [-0.15, -0.1) is 0 Å². The first kappa shape index (κ1) is 30.7. The van der Waals surface area contributed by atoms with Gasteiger partial charge in [0.25, 0.3) is 5.91 Å². The van der Waals surface area contributed by atoms with E-state index >= 15 is 0 Å². The van der Waals surface area contributed by atoms with Crippen molar-refractivity contribution in [2.24, 2.45) is 16.3 Å². The van der Waals surface area contributed by atoms with Crippen molar-refractivity contribution >= 4 is 34.8 Å². The summed E-state index contributed by atoms with van der Waals surface area (Å²) in [5, 5.41) is 16.8. The van der Waals surface area contributed by atoms with Crippen LogP contribution in [0.25, 0.3) is 5.57 Å². The van der Waals surface area contributed by atoms with Gasteiger partial charge in [-0.2, -0.15) is 13.2 Å². The molecule has 0 saturated carbocycles. The molecule has 40 heavy (non-hydrogen) atoms. The summed E-state index contributed by atoms with van der Waals surface area (Å²) in [5.41, 5.74) is 0.219. The molecular formula is C26H34F3N7O4. The minimum atomic E-state index is -4.32. The molecule has 14 heteroatoms. The highest BCUT2D eigenvalue weighted by atomic mass is 19.4. The summed E-state index contributed by atoms with van der Waals surface area (Å²) >= 11 is 0. The molecule has 4 N–H and O–H groups in total. The normalized spacial score (nSPS) is 20.1. The number of aliphatic imine (C=N–C) groups is 1. The van der Waals surface area contributed by atoms with E-state index in [0.717, 1.165) is 12.3 Å². The Morgan fingerprint density at radius 3 is 2.65 bits per heavy atom. The highest BCUT2D eigenvalue weighted by Gasteiger charge is 2.52. The lowest BCUT2D eigenvalue weighted by atomic mass is 9.81. The van der Waals surface area contributed by atoms with E-state index in [2.05, 4.69) is 25.9 Å². The smallest absolute Gasteiger partial charge is 0.392 e. The zero-order valence-corrected chi connectivity index (χ0v) is 23.0. The molecule has 3 heterocycles. The van der Waals surface area contributed by atoms with Crippen molar-refractivity contribution in [2.45, 2.75) is 45.8 Å². The van der Waals surface area contributed by atoms with Crippen LogP contribution in [0.2, 0.25) is 0 Å². The van der Waals surface area contributed by atoms with Crippen LogP contribution in [0.5, 0.6) is 0 Å². The van der Waals surface area contributed by atoms with E-state index < -0.39 is 41.8 Å². The number of nitrogens with one attached hydrogen (secondary N) is 4. The SMILES string of the molecule is CNCC(NC(=O)c1coc(C2=CC(/C(C)=C\CC(F)(F)F)=NCC2)n1)C(=N)N1CC(C(=O)NC)C(C)(C)C1=O. The summed E-state index contributed by atoms with van der Waals surface area (Å²) in [6, 6.07) is -0.921. The van der Waals surface area contributed by atoms with E-state index in [0.29, 0.717) is 29.8 Å². The number of likely N-dealkylation sites (N-methyl/N-ethyl adjacent to an activating group) is 1. The van der Waals surface area contributed by atoms with Gasteiger partial charge in [0, 0.05) is 32.3 Å². The maximum absolute atomic E-state index is 13.1. The Hall–Kier alpha value is -3.81. The Balaban J connectivity index is 1.74. The zero-order valence-electron chi connectivity index (χ0n) is 23.0. The Morgan fingerprint density at radius 2 is 2.02 bits per heavy atom. The highest BCUT2D eigenvalue weighted by Crippen LogP contribution is 2.37. The minimum Gasteiger partial charge on any atom is -0.444 e. The molecular weight excluding hydrogens is 531 g/mol. The topological polar surface area (TPSA) is 153 Å². The molecule has 0 spiro atoms. The Kier molecular flexibility index (Phi) is 9.33. The zero-order chi connectivity index (χ0) is 29.8.